The molecule has 18 heavy (non-hydrogen) atoms. The molecule has 1 fully saturated rings. The van der Waals surface area contributed by atoms with Crippen LogP contribution in [0.1, 0.15) is 18.5 Å². The van der Waals surface area contributed by atoms with E-state index in [4.69, 9.17) is 11.6 Å². The minimum atomic E-state index is -0.438. The van der Waals surface area contributed by atoms with Crippen molar-refractivity contribution in [3.8, 4) is 0 Å². The van der Waals surface area contributed by atoms with Crippen LogP contribution in [0.3, 0.4) is 0 Å². The van der Waals surface area contributed by atoms with Crippen LogP contribution in [0.15, 0.2) is 18.2 Å². The van der Waals surface area contributed by atoms with E-state index >= 15 is 0 Å². The molecule has 1 aliphatic heterocycles. The quantitative estimate of drug-likeness (QED) is 0.624. The van der Waals surface area contributed by atoms with Gasteiger partial charge in [-0.1, -0.05) is 18.5 Å². The first-order chi connectivity index (χ1) is 8.61. The van der Waals surface area contributed by atoms with Crippen molar-refractivity contribution in [1.29, 1.82) is 0 Å². The average molecular weight is 269 g/mol. The van der Waals surface area contributed by atoms with E-state index in [2.05, 4.69) is 17.1 Å². The second-order valence-corrected chi connectivity index (χ2v) is 4.69. The van der Waals surface area contributed by atoms with Gasteiger partial charge in [0.15, 0.2) is 0 Å². The van der Waals surface area contributed by atoms with Gasteiger partial charge in [-0.3, -0.25) is 10.1 Å². The van der Waals surface area contributed by atoms with E-state index in [1.54, 1.807) is 6.07 Å². The Morgan fingerprint density at radius 2 is 2.39 bits per heavy atom. The van der Waals surface area contributed by atoms with Crippen LogP contribution < -0.4 is 5.32 Å². The second-order valence-electron chi connectivity index (χ2n) is 4.28. The Bertz CT molecular complexity index is 453. The minimum Gasteiger partial charge on any atom is -0.300 e. The van der Waals surface area contributed by atoms with E-state index in [0.717, 1.165) is 31.7 Å². The van der Waals surface area contributed by atoms with Crippen LogP contribution in [0.4, 0.5) is 5.69 Å². The molecular weight excluding hydrogens is 254 g/mol. The summed E-state index contributed by atoms with van der Waals surface area (Å²) in [5, 5.41) is 15.6. The van der Waals surface area contributed by atoms with Crippen molar-refractivity contribution in [3.05, 3.63) is 38.9 Å². The van der Waals surface area contributed by atoms with Crippen LogP contribution in [-0.4, -0.2) is 36.0 Å². The molecule has 0 N–H and O–H groups in total. The topological polar surface area (TPSA) is 60.5 Å². The number of halogens is 1. The number of hydrogen-bond acceptors (Lipinski definition) is 3. The Morgan fingerprint density at radius 3 is 3.00 bits per heavy atom. The maximum Gasteiger partial charge on any atom is 0.270 e. The third-order valence-corrected chi connectivity index (χ3v) is 3.53. The molecule has 5 nitrogen and oxygen atoms in total. The zero-order chi connectivity index (χ0) is 13.1. The Balaban J connectivity index is 2.20. The summed E-state index contributed by atoms with van der Waals surface area (Å²) in [7, 11) is 0. The molecule has 0 spiro atoms. The van der Waals surface area contributed by atoms with Gasteiger partial charge in [0.25, 0.3) is 5.69 Å². The van der Waals surface area contributed by atoms with Crippen LogP contribution in [0.25, 0.3) is 0 Å². The number of piperazine rings is 1. The van der Waals surface area contributed by atoms with Crippen LogP contribution in [0.2, 0.25) is 5.02 Å². The van der Waals surface area contributed by atoms with E-state index in [1.165, 1.54) is 12.1 Å². The highest BCUT2D eigenvalue weighted by Gasteiger charge is 2.23. The van der Waals surface area contributed by atoms with Crippen molar-refractivity contribution in [2.75, 3.05) is 26.2 Å². The molecule has 1 saturated heterocycles. The molecule has 0 aromatic heterocycles. The van der Waals surface area contributed by atoms with Crippen LogP contribution in [0, 0.1) is 10.1 Å². The number of hydrogen-bond donors (Lipinski definition) is 0. The van der Waals surface area contributed by atoms with Gasteiger partial charge in [-0.2, -0.15) is 0 Å². The summed E-state index contributed by atoms with van der Waals surface area (Å²) in [6, 6.07) is 4.62. The lowest BCUT2D eigenvalue weighted by atomic mass is 10.0. The predicted molar refractivity (Wildman–Crippen MR) is 70.0 cm³/mol. The van der Waals surface area contributed by atoms with Gasteiger partial charge >= 0.3 is 0 Å². The molecule has 1 unspecified atom stereocenters. The molecular formula is C12H15ClN3O2. The summed E-state index contributed by atoms with van der Waals surface area (Å²) in [4.78, 5) is 12.5. The van der Waals surface area contributed by atoms with E-state index < -0.39 is 4.92 Å². The zero-order valence-electron chi connectivity index (χ0n) is 10.2. The van der Waals surface area contributed by atoms with Gasteiger partial charge in [0.05, 0.1) is 16.0 Å². The van der Waals surface area contributed by atoms with Gasteiger partial charge in [-0.05, 0) is 18.2 Å². The number of nitrogens with zero attached hydrogens (tertiary/aromatic N) is 3. The van der Waals surface area contributed by atoms with Crippen molar-refractivity contribution < 1.29 is 4.92 Å². The summed E-state index contributed by atoms with van der Waals surface area (Å²) >= 11 is 6.11. The molecule has 97 valence electrons. The van der Waals surface area contributed by atoms with Crippen LogP contribution in [-0.2, 0) is 0 Å². The molecule has 1 radical (unpaired) electrons. The highest BCUT2D eigenvalue weighted by molar-refractivity contribution is 6.31. The maximum absolute atomic E-state index is 10.7. The summed E-state index contributed by atoms with van der Waals surface area (Å²) in [5.41, 5.74) is 0.896. The molecule has 2 rings (SSSR count). The molecule has 1 aromatic carbocycles. The summed E-state index contributed by atoms with van der Waals surface area (Å²) in [5.74, 6) is 0. The average Bonchev–Trinajstić information content (AvgIpc) is 2.38. The van der Waals surface area contributed by atoms with Gasteiger partial charge in [-0.25, -0.2) is 5.32 Å². The molecule has 0 aliphatic carbocycles. The van der Waals surface area contributed by atoms with Crippen molar-refractivity contribution in [2.24, 2.45) is 0 Å². The first kappa shape index (κ1) is 13.3. The molecule has 1 aromatic rings. The van der Waals surface area contributed by atoms with Gasteiger partial charge in [0.2, 0.25) is 0 Å². The Hall–Kier alpha value is -1.17. The van der Waals surface area contributed by atoms with Crippen LogP contribution >= 0.6 is 11.6 Å². The molecule has 1 aliphatic rings. The number of rotatable bonds is 3. The highest BCUT2D eigenvalue weighted by Crippen LogP contribution is 2.29. The SMILES string of the molecule is CCN1CC[N]C(c2ccc([N+](=O)[O-])cc2Cl)C1. The summed E-state index contributed by atoms with van der Waals surface area (Å²) < 4.78 is 0. The first-order valence-corrected chi connectivity index (χ1v) is 6.32. The Kier molecular flexibility index (Phi) is 4.16. The van der Waals surface area contributed by atoms with E-state index in [9.17, 15) is 10.1 Å². The first-order valence-electron chi connectivity index (χ1n) is 5.94. The van der Waals surface area contributed by atoms with Gasteiger partial charge in [0.1, 0.15) is 0 Å². The Labute approximate surface area is 111 Å². The number of benzene rings is 1. The fraction of sp³-hybridized carbons (Fsp3) is 0.500. The lowest BCUT2D eigenvalue weighted by Crippen LogP contribution is -2.42. The third kappa shape index (κ3) is 2.80. The lowest BCUT2D eigenvalue weighted by Gasteiger charge is -2.32. The largest absolute Gasteiger partial charge is 0.300 e. The van der Waals surface area contributed by atoms with Crippen molar-refractivity contribution in [2.45, 2.75) is 13.0 Å². The lowest BCUT2D eigenvalue weighted by molar-refractivity contribution is -0.384. The van der Waals surface area contributed by atoms with E-state index in [1.807, 2.05) is 0 Å². The number of nitro groups is 1. The molecule has 0 bridgehead atoms. The molecule has 1 atom stereocenters. The number of likely N-dealkylation sites (N-methyl/N-ethyl adjacent to an activating group) is 1. The van der Waals surface area contributed by atoms with Gasteiger partial charge < -0.3 is 4.90 Å². The fourth-order valence-corrected chi connectivity index (χ4v) is 2.43. The Morgan fingerprint density at radius 1 is 1.61 bits per heavy atom. The van der Waals surface area contributed by atoms with Crippen molar-refractivity contribution in [1.82, 2.24) is 10.2 Å². The number of nitro benzene ring substituents is 1. The molecule has 0 saturated carbocycles. The standard InChI is InChI=1S/C12H15ClN3O2/c1-2-15-6-5-14-12(8-15)10-4-3-9(16(17)18)7-11(10)13/h3-4,7,12H,2,5-6,8H2,1H3. The maximum atomic E-state index is 10.7. The summed E-state index contributed by atoms with van der Waals surface area (Å²) in [6.45, 7) is 5.67. The molecule has 6 heteroatoms. The monoisotopic (exact) mass is 268 g/mol. The molecule has 1 heterocycles. The molecule has 0 amide bonds. The van der Waals surface area contributed by atoms with Crippen LogP contribution in [0.5, 0.6) is 0 Å². The fourth-order valence-electron chi connectivity index (χ4n) is 2.13. The van der Waals surface area contributed by atoms with Gasteiger partial charge in [0, 0.05) is 31.8 Å². The van der Waals surface area contributed by atoms with E-state index in [-0.39, 0.29) is 11.7 Å². The second kappa shape index (κ2) is 5.65. The van der Waals surface area contributed by atoms with Crippen molar-refractivity contribution >= 4 is 17.3 Å². The highest BCUT2D eigenvalue weighted by atomic mass is 35.5. The minimum absolute atomic E-state index is 0.0203. The summed E-state index contributed by atoms with van der Waals surface area (Å²) in [6.07, 6.45) is 0. The normalized spacial score (nSPS) is 20.9. The smallest absolute Gasteiger partial charge is 0.270 e. The van der Waals surface area contributed by atoms with E-state index in [0.29, 0.717) is 5.02 Å². The number of non-ortho nitro benzene ring substituents is 1. The third-order valence-electron chi connectivity index (χ3n) is 3.20. The van der Waals surface area contributed by atoms with Crippen molar-refractivity contribution in [3.63, 3.8) is 0 Å². The predicted octanol–water partition coefficient (Wildman–Crippen LogP) is 2.23. The zero-order valence-corrected chi connectivity index (χ0v) is 10.9. The van der Waals surface area contributed by atoms with Gasteiger partial charge in [-0.15, -0.1) is 0 Å².